The Labute approximate surface area is 201 Å². The molecule has 1 atom stereocenters. The minimum atomic E-state index is -0.361. The number of fused-ring (bicyclic) bond motifs is 2. The lowest BCUT2D eigenvalue weighted by molar-refractivity contribution is 0.0934. The average molecular weight is 468 g/mol. The number of aromatic amines is 1. The van der Waals surface area contributed by atoms with E-state index in [0.29, 0.717) is 22.7 Å². The zero-order valence-electron chi connectivity index (χ0n) is 19.9. The first-order valence-electron chi connectivity index (χ1n) is 11.3. The second kappa shape index (κ2) is 8.72. The van der Waals surface area contributed by atoms with Crippen LogP contribution in [0, 0.1) is 13.8 Å². The molecule has 8 nitrogen and oxygen atoms in total. The Balaban J connectivity index is 1.52. The molecular weight excluding hydrogens is 442 g/mol. The van der Waals surface area contributed by atoms with Crippen molar-refractivity contribution < 1.29 is 9.53 Å². The highest BCUT2D eigenvalue weighted by atomic mass is 16.5. The minimum Gasteiger partial charge on any atom is -0.481 e. The van der Waals surface area contributed by atoms with Gasteiger partial charge in [0.05, 0.1) is 24.5 Å². The van der Waals surface area contributed by atoms with Crippen LogP contribution < -0.4 is 15.6 Å². The third-order valence-corrected chi connectivity index (χ3v) is 6.32. The number of amides is 1. The predicted octanol–water partition coefficient (Wildman–Crippen LogP) is 4.35. The summed E-state index contributed by atoms with van der Waals surface area (Å²) >= 11 is 0. The zero-order valence-corrected chi connectivity index (χ0v) is 19.9. The summed E-state index contributed by atoms with van der Waals surface area (Å²) in [6.45, 7) is 5.48. The fraction of sp³-hybridized carbons (Fsp3) is 0.185. The second-order valence-corrected chi connectivity index (χ2v) is 8.54. The molecule has 0 unspecified atom stereocenters. The molecule has 176 valence electrons. The smallest absolute Gasteiger partial charge is 0.274 e. The van der Waals surface area contributed by atoms with E-state index >= 15 is 0 Å². The number of H-pyrrole nitrogens is 1. The number of ether oxygens (including phenoxy) is 1. The van der Waals surface area contributed by atoms with E-state index in [1.807, 2.05) is 62.4 Å². The van der Waals surface area contributed by atoms with Crippen molar-refractivity contribution in [1.82, 2.24) is 24.9 Å². The molecule has 0 spiro atoms. The van der Waals surface area contributed by atoms with E-state index in [9.17, 15) is 9.59 Å². The van der Waals surface area contributed by atoms with Crippen molar-refractivity contribution >= 4 is 22.2 Å². The van der Waals surface area contributed by atoms with E-state index in [1.165, 1.54) is 0 Å². The number of benzene rings is 2. The van der Waals surface area contributed by atoms with E-state index in [0.717, 1.165) is 27.6 Å². The first-order valence-corrected chi connectivity index (χ1v) is 11.3. The Morgan fingerprint density at radius 3 is 2.57 bits per heavy atom. The minimum absolute atomic E-state index is 0.211. The molecule has 0 bridgehead atoms. The summed E-state index contributed by atoms with van der Waals surface area (Å²) in [7, 11) is 1.55. The number of pyridine rings is 1. The summed E-state index contributed by atoms with van der Waals surface area (Å²) in [4.78, 5) is 33.4. The highest BCUT2D eigenvalue weighted by molar-refractivity contribution is 5.96. The molecule has 0 saturated carbocycles. The third kappa shape index (κ3) is 3.93. The van der Waals surface area contributed by atoms with Gasteiger partial charge in [0.25, 0.3) is 11.5 Å². The lowest BCUT2D eigenvalue weighted by atomic mass is 10.0. The molecule has 0 aliphatic carbocycles. The maximum Gasteiger partial charge on any atom is 0.274 e. The summed E-state index contributed by atoms with van der Waals surface area (Å²) in [5, 5.41) is 9.68. The Morgan fingerprint density at radius 2 is 1.86 bits per heavy atom. The summed E-state index contributed by atoms with van der Waals surface area (Å²) in [6.07, 6.45) is 1.66. The third-order valence-electron chi connectivity index (χ3n) is 6.32. The van der Waals surface area contributed by atoms with Gasteiger partial charge in [-0.1, -0.05) is 42.5 Å². The van der Waals surface area contributed by atoms with Crippen LogP contribution >= 0.6 is 0 Å². The van der Waals surface area contributed by atoms with Gasteiger partial charge in [0, 0.05) is 23.4 Å². The van der Waals surface area contributed by atoms with E-state index in [4.69, 9.17) is 4.74 Å². The molecule has 0 radical (unpaired) electrons. The predicted molar refractivity (Wildman–Crippen MR) is 135 cm³/mol. The number of hydrogen-bond donors (Lipinski definition) is 2. The molecule has 0 aliphatic rings. The molecule has 35 heavy (non-hydrogen) atoms. The fourth-order valence-electron chi connectivity index (χ4n) is 4.33. The lowest BCUT2D eigenvalue weighted by Crippen LogP contribution is -2.27. The molecule has 8 heteroatoms. The van der Waals surface area contributed by atoms with E-state index in [-0.39, 0.29) is 23.2 Å². The van der Waals surface area contributed by atoms with Crippen LogP contribution in [0.25, 0.3) is 27.5 Å². The molecule has 5 rings (SSSR count). The largest absolute Gasteiger partial charge is 0.481 e. The highest BCUT2D eigenvalue weighted by Gasteiger charge is 2.22. The maximum absolute atomic E-state index is 13.1. The lowest BCUT2D eigenvalue weighted by Gasteiger charge is -2.13. The number of nitrogens with zero attached hydrogens (tertiary/aromatic N) is 3. The van der Waals surface area contributed by atoms with Crippen molar-refractivity contribution in [3.63, 3.8) is 0 Å². The zero-order chi connectivity index (χ0) is 24.7. The highest BCUT2D eigenvalue weighted by Crippen LogP contribution is 2.26. The van der Waals surface area contributed by atoms with Crippen molar-refractivity contribution in [3.05, 3.63) is 93.7 Å². The molecule has 2 aromatic carbocycles. The maximum atomic E-state index is 13.1. The first-order chi connectivity index (χ1) is 16.9. The number of methoxy groups -OCH3 is 1. The summed E-state index contributed by atoms with van der Waals surface area (Å²) in [5.41, 5.74) is 3.91. The summed E-state index contributed by atoms with van der Waals surface area (Å²) in [5.74, 6) is 0.140. The van der Waals surface area contributed by atoms with Crippen molar-refractivity contribution in [2.75, 3.05) is 7.11 Å². The molecule has 0 fully saturated rings. The molecule has 5 aromatic rings. The SMILES string of the molecule is COc1ccc([C@@H](C)NC(=O)c2nn3c(C)c(-c4ccc5ccccc5c4)[nH]c(=O)c3c2C)cn1. The van der Waals surface area contributed by atoms with Gasteiger partial charge in [0.15, 0.2) is 5.69 Å². The van der Waals surface area contributed by atoms with Crippen molar-refractivity contribution in [2.24, 2.45) is 0 Å². The quantitative estimate of drug-likeness (QED) is 0.400. The van der Waals surface area contributed by atoms with Gasteiger partial charge in [0.2, 0.25) is 5.88 Å². The van der Waals surface area contributed by atoms with Crippen LogP contribution in [0.4, 0.5) is 0 Å². The second-order valence-electron chi connectivity index (χ2n) is 8.54. The first kappa shape index (κ1) is 22.3. The molecule has 2 N–H and O–H groups in total. The van der Waals surface area contributed by atoms with Gasteiger partial charge in [0.1, 0.15) is 5.52 Å². The monoisotopic (exact) mass is 467 g/mol. The van der Waals surface area contributed by atoms with E-state index in [1.54, 1.807) is 30.8 Å². The van der Waals surface area contributed by atoms with Gasteiger partial charge in [-0.3, -0.25) is 9.59 Å². The fourth-order valence-corrected chi connectivity index (χ4v) is 4.33. The summed E-state index contributed by atoms with van der Waals surface area (Å²) < 4.78 is 6.65. The van der Waals surface area contributed by atoms with Gasteiger partial charge >= 0.3 is 0 Å². The Hall–Kier alpha value is -4.46. The number of aromatic nitrogens is 4. The molecule has 0 saturated heterocycles. The number of carbonyl (C=O) groups is 1. The van der Waals surface area contributed by atoms with Crippen LogP contribution in [-0.2, 0) is 0 Å². The molecule has 3 heterocycles. The standard InChI is InChI=1S/C27H25N5O3/c1-15-23(26(33)29-16(2)21-11-12-22(35-4)28-14-21)31-32-17(3)24(30-27(34)25(15)32)20-10-9-18-7-5-6-8-19(18)13-20/h5-14,16H,1-4H3,(H,29,33)(H,30,34)/t16-/m1/s1. The summed E-state index contributed by atoms with van der Waals surface area (Å²) in [6, 6.07) is 17.4. The van der Waals surface area contributed by atoms with Gasteiger partial charge in [-0.05, 0) is 43.2 Å². The number of rotatable bonds is 5. The van der Waals surface area contributed by atoms with Gasteiger partial charge in [-0.2, -0.15) is 5.10 Å². The normalized spacial score (nSPS) is 12.1. The average Bonchev–Trinajstić information content (AvgIpc) is 3.24. The van der Waals surface area contributed by atoms with Crippen LogP contribution in [0.15, 0.2) is 65.6 Å². The van der Waals surface area contributed by atoms with E-state index in [2.05, 4.69) is 20.4 Å². The van der Waals surface area contributed by atoms with Gasteiger partial charge in [-0.15, -0.1) is 0 Å². The number of carbonyl (C=O) groups excluding carboxylic acids is 1. The topological polar surface area (TPSA) is 101 Å². The van der Waals surface area contributed by atoms with Crippen LogP contribution in [0.2, 0.25) is 0 Å². The van der Waals surface area contributed by atoms with Gasteiger partial charge < -0.3 is 15.0 Å². The Bertz CT molecular complexity index is 1630. The van der Waals surface area contributed by atoms with E-state index < -0.39 is 0 Å². The van der Waals surface area contributed by atoms with Gasteiger partial charge in [-0.25, -0.2) is 9.50 Å². The Morgan fingerprint density at radius 1 is 1.09 bits per heavy atom. The van der Waals surface area contributed by atoms with Crippen molar-refractivity contribution in [2.45, 2.75) is 26.8 Å². The molecule has 3 aromatic heterocycles. The van der Waals surface area contributed by atoms with Crippen molar-refractivity contribution in [3.8, 4) is 17.1 Å². The number of nitrogens with one attached hydrogen (secondary N) is 2. The Kier molecular flexibility index (Phi) is 5.56. The molecule has 0 aliphatic heterocycles. The van der Waals surface area contributed by atoms with Crippen molar-refractivity contribution in [1.29, 1.82) is 0 Å². The number of aryl methyl sites for hydroxylation is 2. The van der Waals surface area contributed by atoms with Crippen LogP contribution in [0.5, 0.6) is 5.88 Å². The molecular formula is C27H25N5O3. The number of hydrogen-bond acceptors (Lipinski definition) is 5. The van der Waals surface area contributed by atoms with Crippen LogP contribution in [0.1, 0.15) is 40.3 Å². The van der Waals surface area contributed by atoms with Crippen LogP contribution in [0.3, 0.4) is 0 Å². The molecule has 1 amide bonds. The van der Waals surface area contributed by atoms with Crippen LogP contribution in [-0.4, -0.2) is 32.6 Å².